The first-order valence-corrected chi connectivity index (χ1v) is 9.21. The number of benzene rings is 1. The van der Waals surface area contributed by atoms with Crippen LogP contribution in [0.1, 0.15) is 57.1 Å². The third-order valence-corrected chi connectivity index (χ3v) is 6.31. The molecule has 1 aromatic rings. The van der Waals surface area contributed by atoms with Crippen molar-refractivity contribution in [2.45, 2.75) is 57.0 Å². The van der Waals surface area contributed by atoms with Crippen molar-refractivity contribution in [3.05, 3.63) is 35.9 Å². The van der Waals surface area contributed by atoms with Gasteiger partial charge in [-0.1, -0.05) is 30.3 Å². The molecule has 0 radical (unpaired) electrons. The zero-order valence-electron chi connectivity index (χ0n) is 14.1. The lowest BCUT2D eigenvalue weighted by molar-refractivity contribution is -0.126. The van der Waals surface area contributed by atoms with E-state index in [0.717, 1.165) is 17.8 Å². The Morgan fingerprint density at radius 3 is 2.22 bits per heavy atom. The highest BCUT2D eigenvalue weighted by molar-refractivity contribution is 5.79. The molecule has 0 spiro atoms. The molecule has 0 heterocycles. The van der Waals surface area contributed by atoms with Crippen LogP contribution in [0.25, 0.3) is 0 Å². The molecule has 4 bridgehead atoms. The second kappa shape index (κ2) is 5.94. The van der Waals surface area contributed by atoms with Gasteiger partial charge in [0.2, 0.25) is 5.91 Å². The Hall–Kier alpha value is -1.35. The third-order valence-electron chi connectivity index (χ3n) is 6.31. The highest BCUT2D eigenvalue weighted by atomic mass is 16.2. The van der Waals surface area contributed by atoms with Crippen LogP contribution in [-0.2, 0) is 4.79 Å². The van der Waals surface area contributed by atoms with Crippen molar-refractivity contribution in [2.75, 3.05) is 6.54 Å². The number of carbonyl (C=O) groups excluding carboxylic acids is 1. The monoisotopic (exact) mass is 312 g/mol. The molecule has 0 unspecified atom stereocenters. The molecule has 23 heavy (non-hydrogen) atoms. The minimum absolute atomic E-state index is 0.128. The fraction of sp³-hybridized carbons (Fsp3) is 0.650. The minimum atomic E-state index is 0.128. The van der Waals surface area contributed by atoms with Crippen LogP contribution in [0.5, 0.6) is 0 Å². The molecule has 4 aliphatic rings. The van der Waals surface area contributed by atoms with Gasteiger partial charge >= 0.3 is 0 Å². The van der Waals surface area contributed by atoms with Gasteiger partial charge in [-0.15, -0.1) is 0 Å². The van der Waals surface area contributed by atoms with Crippen molar-refractivity contribution in [1.29, 1.82) is 0 Å². The van der Waals surface area contributed by atoms with E-state index in [4.69, 9.17) is 0 Å². The molecular formula is C20H28N2O. The van der Waals surface area contributed by atoms with Crippen molar-refractivity contribution in [3.63, 3.8) is 0 Å². The van der Waals surface area contributed by atoms with E-state index in [1.54, 1.807) is 0 Å². The van der Waals surface area contributed by atoms with E-state index in [-0.39, 0.29) is 17.5 Å². The Bertz CT molecular complexity index is 533. The molecule has 0 aromatic heterocycles. The zero-order chi connectivity index (χ0) is 15.9. The summed E-state index contributed by atoms with van der Waals surface area (Å²) in [5.74, 6) is 2.79. The van der Waals surface area contributed by atoms with Crippen molar-refractivity contribution < 1.29 is 4.79 Å². The highest BCUT2D eigenvalue weighted by Crippen LogP contribution is 2.55. The Labute approximate surface area is 139 Å². The summed E-state index contributed by atoms with van der Waals surface area (Å²) in [4.78, 5) is 12.5. The van der Waals surface area contributed by atoms with Crippen LogP contribution >= 0.6 is 0 Å². The number of nitrogens with one attached hydrogen (secondary N) is 2. The van der Waals surface area contributed by atoms with Gasteiger partial charge < -0.3 is 10.6 Å². The molecule has 4 aliphatic carbocycles. The molecule has 2 N–H and O–H groups in total. The topological polar surface area (TPSA) is 41.1 Å². The summed E-state index contributed by atoms with van der Waals surface area (Å²) in [6.07, 6.45) is 7.91. The van der Waals surface area contributed by atoms with Crippen molar-refractivity contribution in [1.82, 2.24) is 10.6 Å². The highest BCUT2D eigenvalue weighted by Gasteiger charge is 2.51. The summed E-state index contributed by atoms with van der Waals surface area (Å²) < 4.78 is 0. The molecule has 3 nitrogen and oxygen atoms in total. The van der Waals surface area contributed by atoms with Crippen LogP contribution in [-0.4, -0.2) is 18.0 Å². The lowest BCUT2D eigenvalue weighted by atomic mass is 9.53. The van der Waals surface area contributed by atoms with Crippen LogP contribution in [0.3, 0.4) is 0 Å². The first-order valence-electron chi connectivity index (χ1n) is 9.21. The third kappa shape index (κ3) is 3.16. The SMILES string of the molecule is C[C@H](NCC(=O)NC12CC3CC(CC(C3)C1)C2)c1ccccc1. The molecule has 0 aliphatic heterocycles. The Kier molecular flexibility index (Phi) is 3.92. The van der Waals surface area contributed by atoms with Crippen molar-refractivity contribution in [3.8, 4) is 0 Å². The van der Waals surface area contributed by atoms with Gasteiger partial charge in [-0.3, -0.25) is 4.79 Å². The van der Waals surface area contributed by atoms with Crippen LogP contribution in [0, 0.1) is 17.8 Å². The zero-order valence-corrected chi connectivity index (χ0v) is 14.1. The molecule has 124 valence electrons. The van der Waals surface area contributed by atoms with E-state index in [0.29, 0.717) is 6.54 Å². The number of carbonyl (C=O) groups is 1. The Morgan fingerprint density at radius 1 is 1.09 bits per heavy atom. The van der Waals surface area contributed by atoms with Crippen LogP contribution in [0.4, 0.5) is 0 Å². The number of amides is 1. The second-order valence-corrected chi connectivity index (χ2v) is 8.26. The van der Waals surface area contributed by atoms with Gasteiger partial charge in [-0.25, -0.2) is 0 Å². The molecule has 4 fully saturated rings. The van der Waals surface area contributed by atoms with Gasteiger partial charge in [0.05, 0.1) is 6.54 Å². The van der Waals surface area contributed by atoms with E-state index in [1.165, 1.54) is 44.1 Å². The molecule has 5 rings (SSSR count). The van der Waals surface area contributed by atoms with Gasteiger partial charge in [-0.05, 0) is 68.8 Å². The molecule has 0 saturated heterocycles. The van der Waals surface area contributed by atoms with E-state index >= 15 is 0 Å². The summed E-state index contributed by atoms with van der Waals surface area (Å²) >= 11 is 0. The van der Waals surface area contributed by atoms with Crippen LogP contribution in [0.2, 0.25) is 0 Å². The average molecular weight is 312 g/mol. The molecule has 3 heteroatoms. The lowest BCUT2D eigenvalue weighted by Gasteiger charge is -2.56. The van der Waals surface area contributed by atoms with E-state index < -0.39 is 0 Å². The molecule has 4 saturated carbocycles. The molecule has 1 aromatic carbocycles. The van der Waals surface area contributed by atoms with Crippen LogP contribution in [0.15, 0.2) is 30.3 Å². The fourth-order valence-electron chi connectivity index (χ4n) is 5.71. The number of rotatable bonds is 5. The van der Waals surface area contributed by atoms with Crippen molar-refractivity contribution >= 4 is 5.91 Å². The van der Waals surface area contributed by atoms with Gasteiger partial charge in [-0.2, -0.15) is 0 Å². The first kappa shape index (κ1) is 15.2. The van der Waals surface area contributed by atoms with Crippen LogP contribution < -0.4 is 10.6 Å². The Morgan fingerprint density at radius 2 is 1.65 bits per heavy atom. The summed E-state index contributed by atoms with van der Waals surface area (Å²) in [6, 6.07) is 10.5. The Balaban J connectivity index is 1.32. The van der Waals surface area contributed by atoms with E-state index in [9.17, 15) is 4.79 Å². The maximum absolute atomic E-state index is 12.5. The minimum Gasteiger partial charge on any atom is -0.350 e. The quantitative estimate of drug-likeness (QED) is 0.874. The molecule has 1 atom stereocenters. The summed E-state index contributed by atoms with van der Waals surface area (Å²) in [5.41, 5.74) is 1.36. The normalized spacial score (nSPS) is 36.0. The van der Waals surface area contributed by atoms with E-state index in [1.807, 2.05) is 18.2 Å². The lowest BCUT2D eigenvalue weighted by Crippen LogP contribution is -2.60. The average Bonchev–Trinajstić information content (AvgIpc) is 2.51. The summed E-state index contributed by atoms with van der Waals surface area (Å²) in [6.45, 7) is 2.53. The van der Waals surface area contributed by atoms with Crippen molar-refractivity contribution in [2.24, 2.45) is 17.8 Å². The predicted molar refractivity (Wildman–Crippen MR) is 91.9 cm³/mol. The summed E-state index contributed by atoms with van der Waals surface area (Å²) in [7, 11) is 0. The summed E-state index contributed by atoms with van der Waals surface area (Å²) in [5, 5.41) is 6.80. The number of hydrogen-bond acceptors (Lipinski definition) is 2. The standard InChI is InChI=1S/C20H28N2O/c1-14(18-5-3-2-4-6-18)21-13-19(23)22-20-10-15-7-16(11-20)9-17(8-15)12-20/h2-6,14-17,21H,7-13H2,1H3,(H,22,23)/t14-,15?,16?,17?,20?/m0/s1. The molecular weight excluding hydrogens is 284 g/mol. The fourth-order valence-corrected chi connectivity index (χ4v) is 5.71. The molecule has 1 amide bonds. The number of hydrogen-bond donors (Lipinski definition) is 2. The van der Waals surface area contributed by atoms with Gasteiger partial charge in [0.15, 0.2) is 0 Å². The smallest absolute Gasteiger partial charge is 0.234 e. The van der Waals surface area contributed by atoms with E-state index in [2.05, 4.69) is 29.7 Å². The van der Waals surface area contributed by atoms with Gasteiger partial charge in [0.1, 0.15) is 0 Å². The maximum atomic E-state index is 12.5. The van der Waals surface area contributed by atoms with Gasteiger partial charge in [0, 0.05) is 11.6 Å². The maximum Gasteiger partial charge on any atom is 0.234 e. The second-order valence-electron chi connectivity index (χ2n) is 8.26. The predicted octanol–water partition coefficient (Wildman–Crippen LogP) is 3.42. The van der Waals surface area contributed by atoms with Gasteiger partial charge in [0.25, 0.3) is 0 Å². The first-order chi connectivity index (χ1) is 11.1. The largest absolute Gasteiger partial charge is 0.350 e.